The summed E-state index contributed by atoms with van der Waals surface area (Å²) < 4.78 is 11.0. The number of carbonyl (C=O) groups is 4. The standard InChI is InChI=1S/C36H49N3O6/c1-10-12-16-23-39(32(41)25(3)37-34(43)45-36(7,8)9)30(28-21-19-26(11-2)20-22-28)31(40)38-29(33(42)44-35(4,5)6)24-27-17-14-13-15-18-27/h2,13-15,17-22,25,29-30H,10,12,16,23-24H2,1,3-9H3,(H,37,43)(H,38,40). The van der Waals surface area contributed by atoms with E-state index < -0.39 is 53.2 Å². The number of unbranched alkanes of at least 4 members (excludes halogenated alkanes) is 2. The zero-order chi connectivity index (χ0) is 33.8. The first-order valence-electron chi connectivity index (χ1n) is 15.5. The molecule has 0 aliphatic rings. The number of benzene rings is 2. The number of hydrogen-bond acceptors (Lipinski definition) is 6. The SMILES string of the molecule is C#Cc1ccc(C(C(=O)NC(Cc2ccccc2)C(=O)OC(C)(C)C)N(CCCCC)C(=O)C(C)NC(=O)OC(C)(C)C)cc1. The van der Waals surface area contributed by atoms with Crippen molar-refractivity contribution < 1.29 is 28.7 Å². The molecular formula is C36H49N3O6. The van der Waals surface area contributed by atoms with Gasteiger partial charge in [-0.1, -0.05) is 68.2 Å². The van der Waals surface area contributed by atoms with Gasteiger partial charge in [0.1, 0.15) is 29.3 Å². The maximum Gasteiger partial charge on any atom is 0.408 e. The van der Waals surface area contributed by atoms with Gasteiger partial charge in [0.05, 0.1) is 0 Å². The molecule has 2 aromatic rings. The molecule has 0 aromatic heterocycles. The Hall–Kier alpha value is -4.32. The zero-order valence-electron chi connectivity index (χ0n) is 27.9. The average Bonchev–Trinajstić information content (AvgIpc) is 2.94. The molecule has 0 saturated carbocycles. The highest BCUT2D eigenvalue weighted by Crippen LogP contribution is 2.25. The lowest BCUT2D eigenvalue weighted by atomic mass is 9.99. The lowest BCUT2D eigenvalue weighted by Crippen LogP contribution is -2.54. The Kier molecular flexibility index (Phi) is 13.7. The first kappa shape index (κ1) is 36.9. The molecule has 2 N–H and O–H groups in total. The van der Waals surface area contributed by atoms with E-state index in [1.165, 1.54) is 4.90 Å². The van der Waals surface area contributed by atoms with Crippen LogP contribution >= 0.6 is 0 Å². The summed E-state index contributed by atoms with van der Waals surface area (Å²) in [5.41, 5.74) is 0.395. The van der Waals surface area contributed by atoms with Gasteiger partial charge in [-0.25, -0.2) is 9.59 Å². The Labute approximate surface area is 268 Å². The van der Waals surface area contributed by atoms with Crippen LogP contribution in [-0.2, 0) is 30.3 Å². The summed E-state index contributed by atoms with van der Waals surface area (Å²) in [4.78, 5) is 55.8. The summed E-state index contributed by atoms with van der Waals surface area (Å²) in [5.74, 6) is 0.932. The lowest BCUT2D eigenvalue weighted by molar-refractivity contribution is -0.159. The molecule has 3 unspecified atom stereocenters. The van der Waals surface area contributed by atoms with Crippen LogP contribution in [0.1, 0.15) is 97.4 Å². The highest BCUT2D eigenvalue weighted by atomic mass is 16.6. The van der Waals surface area contributed by atoms with E-state index in [2.05, 4.69) is 16.6 Å². The van der Waals surface area contributed by atoms with Gasteiger partial charge in [0, 0.05) is 18.5 Å². The second-order valence-electron chi connectivity index (χ2n) is 13.1. The van der Waals surface area contributed by atoms with Gasteiger partial charge in [0.15, 0.2) is 0 Å². The van der Waals surface area contributed by atoms with Crippen LogP contribution in [0.3, 0.4) is 0 Å². The monoisotopic (exact) mass is 619 g/mol. The van der Waals surface area contributed by atoms with E-state index in [0.717, 1.165) is 18.4 Å². The minimum Gasteiger partial charge on any atom is -0.458 e. The zero-order valence-corrected chi connectivity index (χ0v) is 27.9. The number of hydrogen-bond donors (Lipinski definition) is 2. The third kappa shape index (κ3) is 12.7. The van der Waals surface area contributed by atoms with Gasteiger partial charge in [-0.2, -0.15) is 0 Å². The summed E-state index contributed by atoms with van der Waals surface area (Å²) in [6, 6.07) is 12.9. The first-order chi connectivity index (χ1) is 21.0. The summed E-state index contributed by atoms with van der Waals surface area (Å²) >= 11 is 0. The first-order valence-corrected chi connectivity index (χ1v) is 15.5. The third-order valence-electron chi connectivity index (χ3n) is 6.63. The van der Waals surface area contributed by atoms with Crippen LogP contribution in [0.5, 0.6) is 0 Å². The summed E-state index contributed by atoms with van der Waals surface area (Å²) in [5, 5.41) is 5.50. The Morgan fingerprint density at radius 1 is 0.867 bits per heavy atom. The summed E-state index contributed by atoms with van der Waals surface area (Å²) in [6.07, 6.45) is 7.34. The molecule has 0 fully saturated rings. The van der Waals surface area contributed by atoms with E-state index in [-0.39, 0.29) is 13.0 Å². The summed E-state index contributed by atoms with van der Waals surface area (Å²) in [7, 11) is 0. The Morgan fingerprint density at radius 3 is 2.00 bits per heavy atom. The molecule has 0 heterocycles. The van der Waals surface area contributed by atoms with E-state index in [4.69, 9.17) is 15.9 Å². The molecule has 0 bridgehead atoms. The van der Waals surface area contributed by atoms with Crippen LogP contribution in [0, 0.1) is 12.3 Å². The predicted octanol–water partition coefficient (Wildman–Crippen LogP) is 5.71. The Balaban J connectivity index is 2.55. The normalized spacial score (nSPS) is 13.4. The van der Waals surface area contributed by atoms with Gasteiger partial charge < -0.3 is 25.0 Å². The maximum atomic E-state index is 14.3. The average molecular weight is 620 g/mol. The van der Waals surface area contributed by atoms with Crippen LogP contribution < -0.4 is 10.6 Å². The van der Waals surface area contributed by atoms with Gasteiger partial charge >= 0.3 is 12.1 Å². The van der Waals surface area contributed by atoms with E-state index in [1.807, 2.05) is 37.3 Å². The number of terminal acetylenes is 1. The van der Waals surface area contributed by atoms with E-state index >= 15 is 0 Å². The molecule has 0 saturated heterocycles. The molecule has 9 heteroatoms. The molecule has 2 rings (SSSR count). The molecule has 0 aliphatic carbocycles. The molecule has 2 aromatic carbocycles. The second-order valence-corrected chi connectivity index (χ2v) is 13.1. The molecule has 0 radical (unpaired) electrons. The van der Waals surface area contributed by atoms with Gasteiger partial charge in [-0.05, 0) is 78.1 Å². The van der Waals surface area contributed by atoms with Crippen molar-refractivity contribution in [1.82, 2.24) is 15.5 Å². The largest absolute Gasteiger partial charge is 0.458 e. The van der Waals surface area contributed by atoms with Crippen LogP contribution in [0.2, 0.25) is 0 Å². The number of nitrogens with one attached hydrogen (secondary N) is 2. The Bertz CT molecular complexity index is 1320. The molecule has 0 aliphatic heterocycles. The smallest absolute Gasteiger partial charge is 0.408 e. The Morgan fingerprint density at radius 2 is 1.47 bits per heavy atom. The number of carbonyl (C=O) groups excluding carboxylic acids is 4. The van der Waals surface area contributed by atoms with Crippen molar-refractivity contribution in [3.8, 4) is 12.3 Å². The van der Waals surface area contributed by atoms with E-state index in [9.17, 15) is 19.2 Å². The van der Waals surface area contributed by atoms with E-state index in [0.29, 0.717) is 17.5 Å². The minimum absolute atomic E-state index is 0.185. The fourth-order valence-electron chi connectivity index (χ4n) is 4.59. The van der Waals surface area contributed by atoms with Crippen molar-refractivity contribution in [2.24, 2.45) is 0 Å². The van der Waals surface area contributed by atoms with Crippen molar-refractivity contribution in [3.05, 3.63) is 71.3 Å². The molecule has 3 amide bonds. The molecule has 3 atom stereocenters. The highest BCUT2D eigenvalue weighted by Gasteiger charge is 2.37. The second kappa shape index (κ2) is 16.7. The van der Waals surface area contributed by atoms with Crippen LogP contribution in [-0.4, -0.2) is 58.6 Å². The van der Waals surface area contributed by atoms with Crippen LogP contribution in [0.25, 0.3) is 0 Å². The third-order valence-corrected chi connectivity index (χ3v) is 6.63. The molecule has 9 nitrogen and oxygen atoms in total. The lowest BCUT2D eigenvalue weighted by Gasteiger charge is -2.34. The van der Waals surface area contributed by atoms with E-state index in [1.54, 1.807) is 72.7 Å². The molecular weight excluding hydrogens is 570 g/mol. The maximum absolute atomic E-state index is 14.3. The van der Waals surface area contributed by atoms with Gasteiger partial charge in [0.25, 0.3) is 0 Å². The number of nitrogens with zero attached hydrogens (tertiary/aromatic N) is 1. The minimum atomic E-state index is -1.13. The van der Waals surface area contributed by atoms with Crippen molar-refractivity contribution >= 4 is 23.9 Å². The van der Waals surface area contributed by atoms with Crippen molar-refractivity contribution in [2.75, 3.05) is 6.54 Å². The number of amides is 3. The topological polar surface area (TPSA) is 114 Å². The number of ether oxygens (including phenoxy) is 2. The summed E-state index contributed by atoms with van der Waals surface area (Å²) in [6.45, 7) is 14.3. The molecule has 0 spiro atoms. The molecule has 244 valence electrons. The van der Waals surface area contributed by atoms with Crippen molar-refractivity contribution in [2.45, 2.75) is 110 Å². The van der Waals surface area contributed by atoms with Gasteiger partial charge in [-0.15, -0.1) is 6.42 Å². The fourth-order valence-corrected chi connectivity index (χ4v) is 4.59. The number of esters is 1. The van der Waals surface area contributed by atoms with Gasteiger partial charge in [0.2, 0.25) is 11.8 Å². The number of alkyl carbamates (subject to hydrolysis) is 1. The van der Waals surface area contributed by atoms with Gasteiger partial charge in [-0.3, -0.25) is 9.59 Å². The van der Waals surface area contributed by atoms with Crippen molar-refractivity contribution in [3.63, 3.8) is 0 Å². The van der Waals surface area contributed by atoms with Crippen LogP contribution in [0.4, 0.5) is 4.79 Å². The van der Waals surface area contributed by atoms with Crippen molar-refractivity contribution in [1.29, 1.82) is 0 Å². The number of rotatable bonds is 13. The van der Waals surface area contributed by atoms with Crippen LogP contribution in [0.15, 0.2) is 54.6 Å². The molecule has 45 heavy (non-hydrogen) atoms. The fraction of sp³-hybridized carbons (Fsp3) is 0.500. The quantitative estimate of drug-likeness (QED) is 0.169. The predicted molar refractivity (Wildman–Crippen MR) is 175 cm³/mol. The highest BCUT2D eigenvalue weighted by molar-refractivity contribution is 5.93.